The first-order valence-electron chi connectivity index (χ1n) is 9.89. The molecule has 0 N–H and O–H groups in total. The van der Waals surface area contributed by atoms with Crippen LogP contribution in [0.1, 0.15) is 31.2 Å². The second-order valence-corrected chi connectivity index (χ2v) is 7.54. The monoisotopic (exact) mass is 375 g/mol. The smallest absolute Gasteiger partial charge is 0.222 e. The van der Waals surface area contributed by atoms with Crippen LogP contribution >= 0.6 is 0 Å². The minimum absolute atomic E-state index is 0.198. The van der Waals surface area contributed by atoms with Gasteiger partial charge in [0.05, 0.1) is 5.52 Å². The summed E-state index contributed by atoms with van der Waals surface area (Å²) in [4.78, 5) is 21.5. The first kappa shape index (κ1) is 18.6. The van der Waals surface area contributed by atoms with Gasteiger partial charge in [-0.25, -0.2) is 0 Å². The Morgan fingerprint density at radius 1 is 1.11 bits per heavy atom. The van der Waals surface area contributed by atoms with E-state index in [2.05, 4.69) is 50.3 Å². The van der Waals surface area contributed by atoms with Crippen LogP contribution in [0.5, 0.6) is 0 Å². The molecule has 0 aliphatic carbocycles. The van der Waals surface area contributed by atoms with E-state index in [1.807, 2.05) is 17.2 Å². The summed E-state index contributed by atoms with van der Waals surface area (Å²) in [5, 5.41) is 9.40. The van der Waals surface area contributed by atoms with E-state index < -0.39 is 0 Å². The molecule has 1 aromatic heterocycles. The number of piperazine rings is 1. The fourth-order valence-electron chi connectivity index (χ4n) is 3.82. The van der Waals surface area contributed by atoms with Crippen molar-refractivity contribution in [3.8, 4) is 12.3 Å². The molecule has 3 heterocycles. The van der Waals surface area contributed by atoms with E-state index in [1.165, 1.54) is 10.9 Å². The number of carbonyl (C=O) groups excluding carboxylic acids is 1. The number of pyridine rings is 1. The number of terminal acetylenes is 1. The molecule has 6 heteroatoms. The van der Waals surface area contributed by atoms with Gasteiger partial charge in [-0.3, -0.25) is 14.7 Å². The highest BCUT2D eigenvalue weighted by Crippen LogP contribution is 2.37. The standard InChI is InChI=1S/C22H25N5O/c1-2-3-10-22(24-25-22)11-9-20(28)27-15-13-26(14-16-27)17-19-7-4-6-18-8-5-12-23-21(18)19/h1,4-8,12H,3,9-11,13-17H2. The molecule has 28 heavy (non-hydrogen) atoms. The minimum atomic E-state index is -0.370. The van der Waals surface area contributed by atoms with Gasteiger partial charge in [-0.05, 0) is 11.6 Å². The SMILES string of the molecule is C#CCCC1(CCC(=O)N2CCN(Cc3cccc4cccnc34)CC2)N=N1. The van der Waals surface area contributed by atoms with Crippen LogP contribution in [0.2, 0.25) is 0 Å². The predicted molar refractivity (Wildman–Crippen MR) is 108 cm³/mol. The van der Waals surface area contributed by atoms with Gasteiger partial charge < -0.3 is 4.90 Å². The van der Waals surface area contributed by atoms with Crippen molar-refractivity contribution < 1.29 is 4.79 Å². The molecule has 0 spiro atoms. The molecule has 0 bridgehead atoms. The first-order chi connectivity index (χ1) is 13.7. The van der Waals surface area contributed by atoms with Crippen molar-refractivity contribution in [1.29, 1.82) is 0 Å². The average molecular weight is 375 g/mol. The molecular formula is C22H25N5O. The van der Waals surface area contributed by atoms with Crippen LogP contribution in [-0.2, 0) is 11.3 Å². The Morgan fingerprint density at radius 3 is 2.64 bits per heavy atom. The average Bonchev–Trinajstić information content (AvgIpc) is 3.52. The molecule has 2 aliphatic rings. The lowest BCUT2D eigenvalue weighted by atomic mass is 10.0. The molecule has 4 rings (SSSR count). The van der Waals surface area contributed by atoms with E-state index in [4.69, 9.17) is 6.42 Å². The molecule has 144 valence electrons. The summed E-state index contributed by atoms with van der Waals surface area (Å²) in [7, 11) is 0. The van der Waals surface area contributed by atoms with Crippen LogP contribution in [0, 0.1) is 12.3 Å². The number of amides is 1. The lowest BCUT2D eigenvalue weighted by Gasteiger charge is -2.35. The van der Waals surface area contributed by atoms with Crippen molar-refractivity contribution in [3.05, 3.63) is 42.1 Å². The number of benzene rings is 1. The molecule has 2 aromatic rings. The van der Waals surface area contributed by atoms with Crippen molar-refractivity contribution in [2.75, 3.05) is 26.2 Å². The Bertz CT molecular complexity index is 913. The summed E-state index contributed by atoms with van der Waals surface area (Å²) >= 11 is 0. The topological polar surface area (TPSA) is 61.2 Å². The molecular weight excluding hydrogens is 350 g/mol. The van der Waals surface area contributed by atoms with Gasteiger partial charge in [0, 0.05) is 70.0 Å². The van der Waals surface area contributed by atoms with Crippen LogP contribution in [0.25, 0.3) is 10.9 Å². The zero-order valence-corrected chi connectivity index (χ0v) is 16.0. The van der Waals surface area contributed by atoms with Gasteiger partial charge in [0.15, 0.2) is 5.66 Å². The number of para-hydroxylation sites is 1. The first-order valence-corrected chi connectivity index (χ1v) is 9.89. The summed E-state index contributed by atoms with van der Waals surface area (Å²) in [6, 6.07) is 10.4. The summed E-state index contributed by atoms with van der Waals surface area (Å²) in [5.74, 6) is 2.82. The summed E-state index contributed by atoms with van der Waals surface area (Å²) < 4.78 is 0. The number of fused-ring (bicyclic) bond motifs is 1. The van der Waals surface area contributed by atoms with Gasteiger partial charge >= 0.3 is 0 Å². The van der Waals surface area contributed by atoms with Gasteiger partial charge in [-0.1, -0.05) is 24.3 Å². The Hall–Kier alpha value is -2.78. The molecule has 1 amide bonds. The highest BCUT2D eigenvalue weighted by Gasteiger charge is 2.39. The molecule has 2 aliphatic heterocycles. The summed E-state index contributed by atoms with van der Waals surface area (Å²) in [6.45, 7) is 4.16. The largest absolute Gasteiger partial charge is 0.340 e. The number of aromatic nitrogens is 1. The number of rotatable bonds is 7. The summed E-state index contributed by atoms with van der Waals surface area (Å²) in [5.41, 5.74) is 1.94. The fraction of sp³-hybridized carbons (Fsp3) is 0.455. The third kappa shape index (κ3) is 4.20. The normalized spacial score (nSPS) is 18.2. The van der Waals surface area contributed by atoms with Gasteiger partial charge in [0.2, 0.25) is 5.91 Å². The van der Waals surface area contributed by atoms with Crippen LogP contribution in [0.3, 0.4) is 0 Å². The van der Waals surface area contributed by atoms with Crippen LogP contribution in [0.4, 0.5) is 0 Å². The Morgan fingerprint density at radius 2 is 1.89 bits per heavy atom. The quantitative estimate of drug-likeness (QED) is 0.698. The summed E-state index contributed by atoms with van der Waals surface area (Å²) in [6.07, 6.45) is 9.74. The van der Waals surface area contributed by atoms with Crippen LogP contribution < -0.4 is 0 Å². The highest BCUT2D eigenvalue weighted by molar-refractivity contribution is 5.81. The minimum Gasteiger partial charge on any atom is -0.340 e. The van der Waals surface area contributed by atoms with E-state index in [9.17, 15) is 4.79 Å². The van der Waals surface area contributed by atoms with Crippen molar-refractivity contribution >= 4 is 16.8 Å². The van der Waals surface area contributed by atoms with Crippen molar-refractivity contribution in [2.45, 2.75) is 37.9 Å². The second-order valence-electron chi connectivity index (χ2n) is 7.54. The highest BCUT2D eigenvalue weighted by atomic mass is 16.2. The van der Waals surface area contributed by atoms with Gasteiger partial charge in [0.1, 0.15) is 0 Å². The van der Waals surface area contributed by atoms with Crippen molar-refractivity contribution in [1.82, 2.24) is 14.8 Å². The van der Waals surface area contributed by atoms with E-state index in [-0.39, 0.29) is 11.6 Å². The Balaban J connectivity index is 1.26. The van der Waals surface area contributed by atoms with E-state index in [0.29, 0.717) is 19.3 Å². The molecule has 1 fully saturated rings. The second kappa shape index (κ2) is 8.07. The molecule has 0 unspecified atom stereocenters. The molecule has 0 radical (unpaired) electrons. The fourth-order valence-corrected chi connectivity index (χ4v) is 3.82. The molecule has 6 nitrogen and oxygen atoms in total. The van der Waals surface area contributed by atoms with Gasteiger partial charge in [-0.2, -0.15) is 10.2 Å². The van der Waals surface area contributed by atoms with E-state index in [0.717, 1.165) is 44.7 Å². The Labute approximate surface area is 165 Å². The zero-order valence-electron chi connectivity index (χ0n) is 16.0. The molecule has 1 aromatic carbocycles. The predicted octanol–water partition coefficient (Wildman–Crippen LogP) is 3.23. The van der Waals surface area contributed by atoms with Crippen LogP contribution in [-0.4, -0.2) is 52.5 Å². The Kier molecular flexibility index (Phi) is 5.36. The lowest BCUT2D eigenvalue weighted by Crippen LogP contribution is -2.48. The van der Waals surface area contributed by atoms with Crippen LogP contribution in [0.15, 0.2) is 46.8 Å². The maximum absolute atomic E-state index is 12.6. The van der Waals surface area contributed by atoms with Crippen molar-refractivity contribution in [2.24, 2.45) is 10.2 Å². The number of hydrogen-bond donors (Lipinski definition) is 0. The zero-order chi connectivity index (χ0) is 19.4. The van der Waals surface area contributed by atoms with E-state index in [1.54, 1.807) is 0 Å². The number of carbonyl (C=O) groups is 1. The maximum Gasteiger partial charge on any atom is 0.222 e. The maximum atomic E-state index is 12.6. The lowest BCUT2D eigenvalue weighted by molar-refractivity contribution is -0.133. The number of hydrogen-bond acceptors (Lipinski definition) is 5. The third-order valence-corrected chi connectivity index (χ3v) is 5.63. The van der Waals surface area contributed by atoms with E-state index >= 15 is 0 Å². The third-order valence-electron chi connectivity index (χ3n) is 5.63. The van der Waals surface area contributed by atoms with Gasteiger partial charge in [0.25, 0.3) is 0 Å². The molecule has 1 saturated heterocycles. The molecule has 0 atom stereocenters. The molecule has 0 saturated carbocycles. The number of nitrogens with zero attached hydrogens (tertiary/aromatic N) is 5. The van der Waals surface area contributed by atoms with Crippen molar-refractivity contribution in [3.63, 3.8) is 0 Å². The van der Waals surface area contributed by atoms with Gasteiger partial charge in [-0.15, -0.1) is 12.3 Å².